The zero-order valence-corrected chi connectivity index (χ0v) is 31.5. The lowest BCUT2D eigenvalue weighted by Crippen LogP contribution is -2.00. The quantitative estimate of drug-likeness (QED) is 0.159. The number of aromatic nitrogens is 4. The van der Waals surface area contributed by atoms with Crippen LogP contribution in [0.4, 0.5) is 0 Å². The van der Waals surface area contributed by atoms with E-state index in [-0.39, 0.29) is 0 Å². The molecule has 3 heterocycles. The topological polar surface area (TPSA) is 51.6 Å². The van der Waals surface area contributed by atoms with E-state index in [4.69, 9.17) is 19.9 Å². The number of pyridine rings is 1. The van der Waals surface area contributed by atoms with Crippen LogP contribution < -0.4 is 0 Å². The van der Waals surface area contributed by atoms with E-state index in [1.165, 1.54) is 36.7 Å². The molecule has 0 radical (unpaired) electrons. The van der Waals surface area contributed by atoms with E-state index in [1.807, 2.05) is 12.1 Å². The Kier molecular flexibility index (Phi) is 7.97. The molecule has 0 bridgehead atoms. The number of fused-ring (bicyclic) bond motifs is 7. The maximum atomic E-state index is 5.19. The molecule has 57 heavy (non-hydrogen) atoms. The monoisotopic (exact) mass is 744 g/mol. The summed E-state index contributed by atoms with van der Waals surface area (Å²) < 4.78 is 2.42. The van der Waals surface area contributed by atoms with Gasteiger partial charge in [0.2, 0.25) is 0 Å². The first-order valence-corrected chi connectivity index (χ1v) is 19.9. The predicted octanol–water partition coefficient (Wildman–Crippen LogP) is 13.9. The van der Waals surface area contributed by atoms with E-state index in [2.05, 4.69) is 182 Å². The summed E-state index contributed by atoms with van der Waals surface area (Å²) in [6.07, 6.45) is 0. The molecular weight excluding hydrogens is 713 g/mol. The minimum atomic E-state index is 0.636. The molecule has 3 aromatic heterocycles. The van der Waals surface area contributed by atoms with Crippen LogP contribution in [0.2, 0.25) is 0 Å². The average Bonchev–Trinajstić information content (AvgIpc) is 3.68. The molecular formula is C52H32N4S. The van der Waals surface area contributed by atoms with Crippen LogP contribution in [0.25, 0.3) is 110 Å². The third kappa shape index (κ3) is 5.93. The molecule has 0 unspecified atom stereocenters. The molecule has 0 spiro atoms. The summed E-state index contributed by atoms with van der Waals surface area (Å²) >= 11 is 1.80. The molecule has 11 aromatic rings. The number of rotatable bonds is 6. The standard InChI is InChI=1S/C52H32N4S/c1-4-12-33(13-5-1)35-20-24-38(25-21-35)50-54-51(39-26-22-36(23-27-39)34-14-6-2-7-15-34)56-52(55-50)40-28-29-42-46(32-40)57-45-31-30-43-47(48(42)45)41-18-10-11-19-44(41)53-49(43)37-16-8-3-9-17-37/h1-32H. The van der Waals surface area contributed by atoms with E-state index in [1.54, 1.807) is 11.3 Å². The van der Waals surface area contributed by atoms with Gasteiger partial charge in [-0.15, -0.1) is 11.3 Å². The second-order valence-corrected chi connectivity index (χ2v) is 15.3. The zero-order valence-electron chi connectivity index (χ0n) is 30.7. The van der Waals surface area contributed by atoms with E-state index < -0.39 is 0 Å². The zero-order chi connectivity index (χ0) is 37.7. The number of nitrogens with zero attached hydrogens (tertiary/aromatic N) is 4. The summed E-state index contributed by atoms with van der Waals surface area (Å²) in [5, 5.41) is 6.01. The van der Waals surface area contributed by atoms with Gasteiger partial charge >= 0.3 is 0 Å². The molecule has 11 rings (SSSR count). The Labute approximate surface area is 333 Å². The van der Waals surface area contributed by atoms with Crippen LogP contribution in [0.1, 0.15) is 0 Å². The number of hydrogen-bond acceptors (Lipinski definition) is 5. The number of para-hydroxylation sites is 1. The summed E-state index contributed by atoms with van der Waals surface area (Å²) in [6.45, 7) is 0. The van der Waals surface area contributed by atoms with Crippen LogP contribution >= 0.6 is 11.3 Å². The lowest BCUT2D eigenvalue weighted by atomic mass is 9.96. The van der Waals surface area contributed by atoms with Gasteiger partial charge in [-0.2, -0.15) is 0 Å². The normalized spacial score (nSPS) is 11.5. The predicted molar refractivity (Wildman–Crippen MR) is 238 cm³/mol. The minimum Gasteiger partial charge on any atom is -0.247 e. The molecule has 5 heteroatoms. The van der Waals surface area contributed by atoms with Gasteiger partial charge in [0.25, 0.3) is 0 Å². The summed E-state index contributed by atoms with van der Waals surface area (Å²) in [4.78, 5) is 20.5. The first kappa shape index (κ1) is 33.0. The van der Waals surface area contributed by atoms with Crippen LogP contribution in [0.5, 0.6) is 0 Å². The number of thiophene rings is 1. The van der Waals surface area contributed by atoms with E-state index in [0.717, 1.165) is 55.4 Å². The van der Waals surface area contributed by atoms with Gasteiger partial charge in [-0.1, -0.05) is 176 Å². The molecule has 0 atom stereocenters. The first-order chi connectivity index (χ1) is 28.2. The Morgan fingerprint density at radius 1 is 0.281 bits per heavy atom. The van der Waals surface area contributed by atoms with Gasteiger partial charge in [-0.05, 0) is 40.5 Å². The molecule has 0 fully saturated rings. The van der Waals surface area contributed by atoms with Crippen molar-refractivity contribution in [2.75, 3.05) is 0 Å². The third-order valence-electron chi connectivity index (χ3n) is 10.7. The maximum Gasteiger partial charge on any atom is 0.164 e. The highest BCUT2D eigenvalue weighted by Gasteiger charge is 2.18. The highest BCUT2D eigenvalue weighted by atomic mass is 32.1. The molecule has 0 saturated heterocycles. The average molecular weight is 745 g/mol. The lowest BCUT2D eigenvalue weighted by molar-refractivity contribution is 1.07. The van der Waals surface area contributed by atoms with E-state index in [9.17, 15) is 0 Å². The maximum absolute atomic E-state index is 5.19. The molecule has 0 aliphatic heterocycles. The summed E-state index contributed by atoms with van der Waals surface area (Å²) in [7, 11) is 0. The Morgan fingerprint density at radius 3 is 1.33 bits per heavy atom. The molecule has 0 saturated carbocycles. The smallest absolute Gasteiger partial charge is 0.164 e. The fourth-order valence-electron chi connectivity index (χ4n) is 7.91. The van der Waals surface area contributed by atoms with Crippen molar-refractivity contribution in [1.29, 1.82) is 0 Å². The van der Waals surface area contributed by atoms with Gasteiger partial charge in [0.1, 0.15) is 0 Å². The first-order valence-electron chi connectivity index (χ1n) is 19.0. The van der Waals surface area contributed by atoms with Crippen LogP contribution in [-0.2, 0) is 0 Å². The third-order valence-corrected chi connectivity index (χ3v) is 11.9. The van der Waals surface area contributed by atoms with Gasteiger partial charge < -0.3 is 0 Å². The van der Waals surface area contributed by atoms with Crippen LogP contribution in [0.15, 0.2) is 194 Å². The highest BCUT2D eigenvalue weighted by Crippen LogP contribution is 2.44. The number of benzene rings is 8. The van der Waals surface area contributed by atoms with Gasteiger partial charge in [0.15, 0.2) is 17.5 Å². The summed E-state index contributed by atoms with van der Waals surface area (Å²) in [5.74, 6) is 1.91. The van der Waals surface area contributed by atoms with E-state index >= 15 is 0 Å². The molecule has 0 amide bonds. The second-order valence-electron chi connectivity index (χ2n) is 14.2. The molecule has 4 nitrogen and oxygen atoms in total. The summed E-state index contributed by atoms with van der Waals surface area (Å²) in [6, 6.07) is 67.9. The van der Waals surface area contributed by atoms with Crippen molar-refractivity contribution < 1.29 is 0 Å². The van der Waals surface area contributed by atoms with Gasteiger partial charge in [0, 0.05) is 58.6 Å². The largest absolute Gasteiger partial charge is 0.247 e. The highest BCUT2D eigenvalue weighted by molar-refractivity contribution is 7.26. The van der Waals surface area contributed by atoms with Crippen LogP contribution in [-0.4, -0.2) is 19.9 Å². The second kappa shape index (κ2) is 13.7. The lowest BCUT2D eigenvalue weighted by Gasteiger charge is -2.12. The van der Waals surface area contributed by atoms with Crippen LogP contribution in [0, 0.1) is 0 Å². The Bertz CT molecular complexity index is 3150. The molecule has 8 aromatic carbocycles. The summed E-state index contributed by atoms with van der Waals surface area (Å²) in [5.41, 5.74) is 10.6. The Hall–Kier alpha value is -7.34. The molecule has 0 aliphatic rings. The number of hydrogen-bond donors (Lipinski definition) is 0. The minimum absolute atomic E-state index is 0.636. The molecule has 0 N–H and O–H groups in total. The molecule has 0 aliphatic carbocycles. The molecule has 266 valence electrons. The van der Waals surface area contributed by atoms with Gasteiger partial charge in [-0.3, -0.25) is 0 Å². The van der Waals surface area contributed by atoms with Crippen molar-refractivity contribution in [3.8, 4) is 67.7 Å². The Morgan fingerprint density at radius 2 is 0.737 bits per heavy atom. The van der Waals surface area contributed by atoms with Crippen molar-refractivity contribution in [3.05, 3.63) is 194 Å². The van der Waals surface area contributed by atoms with Gasteiger partial charge in [0.05, 0.1) is 11.2 Å². The fraction of sp³-hybridized carbons (Fsp3) is 0. The van der Waals surface area contributed by atoms with E-state index in [0.29, 0.717) is 17.5 Å². The van der Waals surface area contributed by atoms with Crippen LogP contribution in [0.3, 0.4) is 0 Å². The van der Waals surface area contributed by atoms with Crippen molar-refractivity contribution >= 4 is 53.2 Å². The van der Waals surface area contributed by atoms with Crippen molar-refractivity contribution in [2.45, 2.75) is 0 Å². The fourth-order valence-corrected chi connectivity index (χ4v) is 9.06. The van der Waals surface area contributed by atoms with Crippen molar-refractivity contribution in [3.63, 3.8) is 0 Å². The van der Waals surface area contributed by atoms with Crippen molar-refractivity contribution in [1.82, 2.24) is 19.9 Å². The van der Waals surface area contributed by atoms with Crippen molar-refractivity contribution in [2.24, 2.45) is 0 Å². The SMILES string of the molecule is c1ccc(-c2ccc(-c3nc(-c4ccc(-c5ccccc5)cc4)nc(-c4ccc5c(c4)sc4ccc6c(-c7ccccc7)nc7ccccc7c6c45)n3)cc2)cc1. The Balaban J connectivity index is 1.07. The van der Waals surface area contributed by atoms with Gasteiger partial charge in [-0.25, -0.2) is 19.9 Å².